The molecule has 2 aromatic carbocycles. The second-order valence-corrected chi connectivity index (χ2v) is 10.1. The third kappa shape index (κ3) is 6.07. The molecule has 1 N–H and O–H groups in total. The molecule has 1 atom stereocenters. The van der Waals surface area contributed by atoms with E-state index < -0.39 is 6.04 Å². The molecule has 1 fully saturated rings. The van der Waals surface area contributed by atoms with Gasteiger partial charge in [0, 0.05) is 16.5 Å². The first-order valence-corrected chi connectivity index (χ1v) is 13.4. The standard InChI is InChI=1S/C29H34N2O5S/c1-34-24-16-8-7-15-23(24)31(26(32)19-21-13-10-18-37-21)27(29(33)30-20-11-5-4-6-12-20)22-14-9-17-25(35-2)28(22)36-3/h7-10,13-18,20,27H,4-6,11-12,19H2,1-3H3,(H,30,33)/t27-/m1/s1. The van der Waals surface area contributed by atoms with E-state index in [1.54, 1.807) is 44.4 Å². The van der Waals surface area contributed by atoms with Gasteiger partial charge in [-0.05, 0) is 42.5 Å². The Kier molecular flexibility index (Phi) is 9.06. The summed E-state index contributed by atoms with van der Waals surface area (Å²) in [4.78, 5) is 30.7. The number of rotatable bonds is 10. The topological polar surface area (TPSA) is 77.1 Å². The summed E-state index contributed by atoms with van der Waals surface area (Å²) in [6.45, 7) is 0. The second-order valence-electron chi connectivity index (χ2n) is 9.02. The van der Waals surface area contributed by atoms with Crippen molar-refractivity contribution >= 4 is 28.8 Å². The number of thiophene rings is 1. The first-order valence-electron chi connectivity index (χ1n) is 12.6. The Balaban J connectivity index is 1.87. The Morgan fingerprint density at radius 1 is 0.919 bits per heavy atom. The molecule has 0 aliphatic heterocycles. The van der Waals surface area contributed by atoms with Gasteiger partial charge >= 0.3 is 0 Å². The van der Waals surface area contributed by atoms with E-state index in [9.17, 15) is 9.59 Å². The summed E-state index contributed by atoms with van der Waals surface area (Å²) in [6, 6.07) is 15.6. The van der Waals surface area contributed by atoms with E-state index >= 15 is 0 Å². The third-order valence-corrected chi connectivity index (χ3v) is 7.58. The van der Waals surface area contributed by atoms with Crippen molar-refractivity contribution < 1.29 is 23.8 Å². The highest BCUT2D eigenvalue weighted by Gasteiger charge is 2.38. The zero-order valence-electron chi connectivity index (χ0n) is 21.6. The molecule has 0 bridgehead atoms. The van der Waals surface area contributed by atoms with Crippen LogP contribution < -0.4 is 24.4 Å². The molecule has 1 aromatic heterocycles. The van der Waals surface area contributed by atoms with Gasteiger partial charge in [0.05, 0.1) is 33.4 Å². The maximum absolute atomic E-state index is 14.2. The highest BCUT2D eigenvalue weighted by molar-refractivity contribution is 7.10. The van der Waals surface area contributed by atoms with Crippen molar-refractivity contribution in [3.63, 3.8) is 0 Å². The molecular formula is C29H34N2O5S. The number of nitrogens with zero attached hydrogens (tertiary/aromatic N) is 1. The summed E-state index contributed by atoms with van der Waals surface area (Å²) < 4.78 is 16.9. The van der Waals surface area contributed by atoms with Gasteiger partial charge in [-0.3, -0.25) is 14.5 Å². The summed E-state index contributed by atoms with van der Waals surface area (Å²) in [7, 11) is 4.65. The predicted octanol–water partition coefficient (Wildman–Crippen LogP) is 5.54. The molecule has 1 aliphatic carbocycles. The van der Waals surface area contributed by atoms with Crippen LogP contribution in [0.1, 0.15) is 48.6 Å². The van der Waals surface area contributed by atoms with Crippen LogP contribution in [0.15, 0.2) is 60.0 Å². The molecule has 1 aliphatic rings. The van der Waals surface area contributed by atoms with Crippen LogP contribution >= 0.6 is 11.3 Å². The molecule has 1 saturated carbocycles. The lowest BCUT2D eigenvalue weighted by Gasteiger charge is -2.34. The zero-order valence-corrected chi connectivity index (χ0v) is 22.4. The molecule has 3 aromatic rings. The van der Waals surface area contributed by atoms with Crippen LogP contribution in [-0.2, 0) is 16.0 Å². The average Bonchev–Trinajstić information content (AvgIpc) is 3.44. The number of carbonyl (C=O) groups excluding carboxylic acids is 2. The van der Waals surface area contributed by atoms with Crippen molar-refractivity contribution in [2.75, 3.05) is 26.2 Å². The van der Waals surface area contributed by atoms with E-state index in [1.165, 1.54) is 17.8 Å². The summed E-state index contributed by atoms with van der Waals surface area (Å²) in [5.74, 6) is 0.919. The molecule has 0 spiro atoms. The Morgan fingerprint density at radius 3 is 2.32 bits per heavy atom. The summed E-state index contributed by atoms with van der Waals surface area (Å²) in [5, 5.41) is 5.18. The normalized spacial score (nSPS) is 14.5. The minimum absolute atomic E-state index is 0.0623. The Bertz CT molecular complexity index is 1190. The molecule has 196 valence electrons. The Hall–Kier alpha value is -3.52. The van der Waals surface area contributed by atoms with Crippen LogP contribution in [0.3, 0.4) is 0 Å². The molecule has 7 nitrogen and oxygen atoms in total. The fourth-order valence-electron chi connectivity index (χ4n) is 4.95. The minimum Gasteiger partial charge on any atom is -0.495 e. The van der Waals surface area contributed by atoms with Crippen LogP contribution in [0, 0.1) is 0 Å². The van der Waals surface area contributed by atoms with E-state index in [0.717, 1.165) is 30.6 Å². The number of anilines is 1. The number of benzene rings is 2. The van der Waals surface area contributed by atoms with Gasteiger partial charge in [0.2, 0.25) is 11.8 Å². The first kappa shape index (κ1) is 26.5. The minimum atomic E-state index is -1.00. The molecule has 0 radical (unpaired) electrons. The zero-order chi connectivity index (χ0) is 26.2. The number of nitrogens with one attached hydrogen (secondary N) is 1. The summed E-state index contributed by atoms with van der Waals surface area (Å²) >= 11 is 1.51. The van der Waals surface area contributed by atoms with E-state index in [1.807, 2.05) is 41.8 Å². The molecular weight excluding hydrogens is 488 g/mol. The fourth-order valence-corrected chi connectivity index (χ4v) is 5.64. The summed E-state index contributed by atoms with van der Waals surface area (Å²) in [5.41, 5.74) is 1.06. The largest absolute Gasteiger partial charge is 0.495 e. The molecule has 2 amide bonds. The van der Waals surface area contributed by atoms with E-state index in [4.69, 9.17) is 14.2 Å². The summed E-state index contributed by atoms with van der Waals surface area (Å²) in [6.07, 6.45) is 5.32. The van der Waals surface area contributed by atoms with Gasteiger partial charge in [-0.2, -0.15) is 0 Å². The van der Waals surface area contributed by atoms with Crippen molar-refractivity contribution in [1.29, 1.82) is 0 Å². The molecule has 1 heterocycles. The second kappa shape index (κ2) is 12.6. The van der Waals surface area contributed by atoms with Crippen LogP contribution in [0.4, 0.5) is 5.69 Å². The van der Waals surface area contributed by atoms with Gasteiger partial charge in [-0.25, -0.2) is 0 Å². The van der Waals surface area contributed by atoms with Gasteiger partial charge in [-0.15, -0.1) is 11.3 Å². The number of ether oxygens (including phenoxy) is 3. The van der Waals surface area contributed by atoms with Crippen molar-refractivity contribution in [2.24, 2.45) is 0 Å². The molecule has 4 rings (SSSR count). The van der Waals surface area contributed by atoms with Gasteiger partial charge in [0.25, 0.3) is 0 Å². The van der Waals surface area contributed by atoms with Crippen molar-refractivity contribution in [2.45, 2.75) is 50.6 Å². The maximum Gasteiger partial charge on any atom is 0.248 e. The van der Waals surface area contributed by atoms with Gasteiger partial charge in [0.1, 0.15) is 11.8 Å². The van der Waals surface area contributed by atoms with Crippen LogP contribution in [-0.4, -0.2) is 39.2 Å². The third-order valence-electron chi connectivity index (χ3n) is 6.71. The van der Waals surface area contributed by atoms with E-state index in [0.29, 0.717) is 28.5 Å². The van der Waals surface area contributed by atoms with E-state index in [2.05, 4.69) is 5.32 Å². The number of hydrogen-bond acceptors (Lipinski definition) is 6. The monoisotopic (exact) mass is 522 g/mol. The van der Waals surface area contributed by atoms with Crippen molar-refractivity contribution in [3.05, 3.63) is 70.4 Å². The average molecular weight is 523 g/mol. The quantitative estimate of drug-likeness (QED) is 0.378. The molecule has 0 saturated heterocycles. The highest BCUT2D eigenvalue weighted by Crippen LogP contribution is 2.41. The number of carbonyl (C=O) groups is 2. The van der Waals surface area contributed by atoms with Crippen molar-refractivity contribution in [3.8, 4) is 17.2 Å². The number of amides is 2. The maximum atomic E-state index is 14.2. The number of methoxy groups -OCH3 is 3. The molecule has 8 heteroatoms. The van der Waals surface area contributed by atoms with Crippen LogP contribution in [0.25, 0.3) is 0 Å². The van der Waals surface area contributed by atoms with Crippen molar-refractivity contribution in [1.82, 2.24) is 5.32 Å². The predicted molar refractivity (Wildman–Crippen MR) is 146 cm³/mol. The lowest BCUT2D eigenvalue weighted by atomic mass is 9.94. The lowest BCUT2D eigenvalue weighted by molar-refractivity contribution is -0.127. The van der Waals surface area contributed by atoms with Crippen LogP contribution in [0.2, 0.25) is 0 Å². The highest BCUT2D eigenvalue weighted by atomic mass is 32.1. The number of hydrogen-bond donors (Lipinski definition) is 1. The molecule has 0 unspecified atom stereocenters. The van der Waals surface area contributed by atoms with Gasteiger partial charge in [0.15, 0.2) is 11.5 Å². The lowest BCUT2D eigenvalue weighted by Crippen LogP contribution is -2.48. The Labute approximate surface area is 222 Å². The van der Waals surface area contributed by atoms with Gasteiger partial charge in [-0.1, -0.05) is 49.6 Å². The van der Waals surface area contributed by atoms with Gasteiger partial charge < -0.3 is 19.5 Å². The Morgan fingerprint density at radius 2 is 1.65 bits per heavy atom. The van der Waals surface area contributed by atoms with E-state index in [-0.39, 0.29) is 24.3 Å². The fraction of sp³-hybridized carbons (Fsp3) is 0.379. The van der Waals surface area contributed by atoms with Crippen LogP contribution in [0.5, 0.6) is 17.2 Å². The molecule has 37 heavy (non-hydrogen) atoms. The SMILES string of the molecule is COc1ccccc1N(C(=O)Cc1cccs1)[C@@H](C(=O)NC1CCCCC1)c1cccc(OC)c1OC. The number of para-hydroxylation sites is 3. The first-order chi connectivity index (χ1) is 18.1. The smallest absolute Gasteiger partial charge is 0.248 e.